The van der Waals surface area contributed by atoms with Gasteiger partial charge in [-0.05, 0) is 18.6 Å². The highest BCUT2D eigenvalue weighted by atomic mass is 16.5. The number of aromatic nitrogens is 3. The molecule has 1 heterocycles. The highest BCUT2D eigenvalue weighted by Gasteiger charge is 2.07. The Bertz CT molecular complexity index is 541. The zero-order valence-electron chi connectivity index (χ0n) is 11.8. The smallest absolute Gasteiger partial charge is 0.164 e. The maximum absolute atomic E-state index is 9.85. The summed E-state index contributed by atoms with van der Waals surface area (Å²) >= 11 is 0. The van der Waals surface area contributed by atoms with E-state index in [0.29, 0.717) is 18.9 Å². The van der Waals surface area contributed by atoms with Crippen molar-refractivity contribution in [1.82, 2.24) is 20.1 Å². The quantitative estimate of drug-likeness (QED) is 0.777. The third-order valence-corrected chi connectivity index (χ3v) is 2.83. The number of para-hydroxylation sites is 1. The average Bonchev–Trinajstić information content (AvgIpc) is 2.83. The van der Waals surface area contributed by atoms with Gasteiger partial charge >= 0.3 is 0 Å². The SMILES string of the molecule is Cc1ccccc1OCC(O)CNCc1ncn(C)n1. The van der Waals surface area contributed by atoms with Crippen LogP contribution in [0.2, 0.25) is 0 Å². The van der Waals surface area contributed by atoms with E-state index in [1.807, 2.05) is 38.2 Å². The van der Waals surface area contributed by atoms with Gasteiger partial charge in [0, 0.05) is 13.6 Å². The molecule has 2 aromatic rings. The Labute approximate surface area is 118 Å². The van der Waals surface area contributed by atoms with E-state index in [0.717, 1.165) is 11.3 Å². The lowest BCUT2D eigenvalue weighted by molar-refractivity contribution is 0.105. The van der Waals surface area contributed by atoms with Gasteiger partial charge in [0.05, 0.1) is 6.54 Å². The predicted octanol–water partition coefficient (Wildman–Crippen LogP) is 0.653. The molecule has 108 valence electrons. The summed E-state index contributed by atoms with van der Waals surface area (Å²) in [5, 5.41) is 17.1. The minimum atomic E-state index is -0.571. The maximum atomic E-state index is 9.85. The Morgan fingerprint density at radius 2 is 2.20 bits per heavy atom. The number of nitrogens with one attached hydrogen (secondary N) is 1. The van der Waals surface area contributed by atoms with E-state index in [-0.39, 0.29) is 6.61 Å². The summed E-state index contributed by atoms with van der Waals surface area (Å²) in [6.07, 6.45) is 1.08. The van der Waals surface area contributed by atoms with Gasteiger partial charge in [0.15, 0.2) is 5.82 Å². The first-order valence-corrected chi connectivity index (χ1v) is 6.57. The first kappa shape index (κ1) is 14.5. The molecule has 0 amide bonds. The maximum Gasteiger partial charge on any atom is 0.164 e. The molecule has 0 aliphatic rings. The fourth-order valence-corrected chi connectivity index (χ4v) is 1.78. The zero-order valence-corrected chi connectivity index (χ0v) is 11.8. The first-order valence-electron chi connectivity index (χ1n) is 6.57. The summed E-state index contributed by atoms with van der Waals surface area (Å²) in [7, 11) is 1.82. The second-order valence-electron chi connectivity index (χ2n) is 4.70. The normalized spacial score (nSPS) is 12.3. The topological polar surface area (TPSA) is 72.2 Å². The van der Waals surface area contributed by atoms with Crippen LogP contribution in [0.3, 0.4) is 0 Å². The summed E-state index contributed by atoms with van der Waals surface area (Å²) in [5.41, 5.74) is 1.06. The number of rotatable bonds is 7. The summed E-state index contributed by atoms with van der Waals surface area (Å²) in [6.45, 7) is 3.20. The minimum Gasteiger partial charge on any atom is -0.491 e. The summed E-state index contributed by atoms with van der Waals surface area (Å²) in [5.74, 6) is 1.51. The highest BCUT2D eigenvalue weighted by molar-refractivity contribution is 5.31. The van der Waals surface area contributed by atoms with Crippen molar-refractivity contribution in [3.8, 4) is 5.75 Å². The monoisotopic (exact) mass is 276 g/mol. The van der Waals surface area contributed by atoms with Crippen molar-refractivity contribution < 1.29 is 9.84 Å². The van der Waals surface area contributed by atoms with Crippen molar-refractivity contribution in [1.29, 1.82) is 0 Å². The Morgan fingerprint density at radius 1 is 1.40 bits per heavy atom. The van der Waals surface area contributed by atoms with E-state index >= 15 is 0 Å². The molecule has 0 aliphatic heterocycles. The van der Waals surface area contributed by atoms with Gasteiger partial charge in [0.2, 0.25) is 0 Å². The molecule has 1 aromatic carbocycles. The lowest BCUT2D eigenvalue weighted by atomic mass is 10.2. The molecule has 0 radical (unpaired) electrons. The summed E-state index contributed by atoms with van der Waals surface area (Å²) < 4.78 is 7.23. The summed E-state index contributed by atoms with van der Waals surface area (Å²) in [4.78, 5) is 4.09. The van der Waals surface area contributed by atoms with E-state index in [2.05, 4.69) is 15.4 Å². The minimum absolute atomic E-state index is 0.257. The molecule has 0 saturated carbocycles. The largest absolute Gasteiger partial charge is 0.491 e. The van der Waals surface area contributed by atoms with Gasteiger partial charge in [-0.2, -0.15) is 5.10 Å². The lowest BCUT2D eigenvalue weighted by Gasteiger charge is -2.14. The van der Waals surface area contributed by atoms with Crippen LogP contribution in [0.1, 0.15) is 11.4 Å². The highest BCUT2D eigenvalue weighted by Crippen LogP contribution is 2.16. The molecular weight excluding hydrogens is 256 g/mol. The molecule has 6 heteroatoms. The van der Waals surface area contributed by atoms with Crippen LogP contribution in [0, 0.1) is 6.92 Å². The van der Waals surface area contributed by atoms with Crippen LogP contribution >= 0.6 is 0 Å². The van der Waals surface area contributed by atoms with Gasteiger partial charge in [0.1, 0.15) is 24.8 Å². The molecule has 2 N–H and O–H groups in total. The van der Waals surface area contributed by atoms with Gasteiger partial charge in [0.25, 0.3) is 0 Å². The van der Waals surface area contributed by atoms with Crippen molar-refractivity contribution >= 4 is 0 Å². The van der Waals surface area contributed by atoms with Crippen LogP contribution in [0.4, 0.5) is 0 Å². The van der Waals surface area contributed by atoms with Crippen LogP contribution in [0.5, 0.6) is 5.75 Å². The van der Waals surface area contributed by atoms with E-state index in [1.54, 1.807) is 11.0 Å². The van der Waals surface area contributed by atoms with Gasteiger partial charge in [-0.3, -0.25) is 4.68 Å². The molecule has 0 bridgehead atoms. The van der Waals surface area contributed by atoms with Crippen LogP contribution in [-0.4, -0.2) is 39.1 Å². The number of hydrogen-bond acceptors (Lipinski definition) is 5. The Morgan fingerprint density at radius 3 is 2.90 bits per heavy atom. The van der Waals surface area contributed by atoms with E-state index < -0.39 is 6.10 Å². The molecule has 1 unspecified atom stereocenters. The second-order valence-corrected chi connectivity index (χ2v) is 4.70. The second kappa shape index (κ2) is 7.02. The summed E-state index contributed by atoms with van der Waals surface area (Å²) in [6, 6.07) is 7.75. The van der Waals surface area contributed by atoms with Gasteiger partial charge in [-0.25, -0.2) is 4.98 Å². The Balaban J connectivity index is 1.68. The molecule has 6 nitrogen and oxygen atoms in total. The van der Waals surface area contributed by atoms with E-state index in [1.165, 1.54) is 0 Å². The third kappa shape index (κ3) is 4.32. The fourth-order valence-electron chi connectivity index (χ4n) is 1.78. The molecule has 1 atom stereocenters. The van der Waals surface area contributed by atoms with Gasteiger partial charge in [-0.1, -0.05) is 18.2 Å². The number of aliphatic hydroxyl groups excluding tert-OH is 1. The number of hydrogen-bond donors (Lipinski definition) is 2. The van der Waals surface area contributed by atoms with Gasteiger partial charge < -0.3 is 15.2 Å². The first-order chi connectivity index (χ1) is 9.65. The van der Waals surface area contributed by atoms with Crippen LogP contribution in [0.25, 0.3) is 0 Å². The zero-order chi connectivity index (χ0) is 14.4. The Hall–Kier alpha value is -1.92. The van der Waals surface area contributed by atoms with Crippen molar-refractivity contribution in [3.05, 3.63) is 42.0 Å². The lowest BCUT2D eigenvalue weighted by Crippen LogP contribution is -2.31. The van der Waals surface area contributed by atoms with Crippen molar-refractivity contribution in [2.75, 3.05) is 13.2 Å². The molecule has 0 fully saturated rings. The van der Waals surface area contributed by atoms with Crippen LogP contribution in [0.15, 0.2) is 30.6 Å². The van der Waals surface area contributed by atoms with Crippen molar-refractivity contribution in [2.45, 2.75) is 19.6 Å². The number of aliphatic hydroxyl groups is 1. The molecular formula is C14H20N4O2. The number of nitrogens with zero attached hydrogens (tertiary/aromatic N) is 3. The number of benzene rings is 1. The number of ether oxygens (including phenoxy) is 1. The molecule has 0 spiro atoms. The van der Waals surface area contributed by atoms with Crippen molar-refractivity contribution in [2.24, 2.45) is 7.05 Å². The van der Waals surface area contributed by atoms with Crippen LogP contribution in [-0.2, 0) is 13.6 Å². The molecule has 0 aliphatic carbocycles. The van der Waals surface area contributed by atoms with E-state index in [4.69, 9.17) is 4.74 Å². The molecule has 20 heavy (non-hydrogen) atoms. The standard InChI is InChI=1S/C14H20N4O2/c1-11-5-3-4-6-13(11)20-9-12(19)7-15-8-14-16-10-18(2)17-14/h3-6,10,12,15,19H,7-9H2,1-2H3. The van der Waals surface area contributed by atoms with Gasteiger partial charge in [-0.15, -0.1) is 0 Å². The Kier molecular flexibility index (Phi) is 5.09. The molecule has 0 saturated heterocycles. The van der Waals surface area contributed by atoms with Crippen molar-refractivity contribution in [3.63, 3.8) is 0 Å². The fraction of sp³-hybridized carbons (Fsp3) is 0.429. The predicted molar refractivity (Wildman–Crippen MR) is 75.4 cm³/mol. The van der Waals surface area contributed by atoms with E-state index in [9.17, 15) is 5.11 Å². The number of aryl methyl sites for hydroxylation is 2. The third-order valence-electron chi connectivity index (χ3n) is 2.83. The molecule has 1 aromatic heterocycles. The average molecular weight is 276 g/mol. The molecule has 2 rings (SSSR count). The van der Waals surface area contributed by atoms with Crippen LogP contribution < -0.4 is 10.1 Å².